The van der Waals surface area contributed by atoms with Crippen molar-refractivity contribution in [2.45, 2.75) is 13.7 Å². The molecule has 0 aromatic rings. The summed E-state index contributed by atoms with van der Waals surface area (Å²) >= 11 is 0. The molecule has 0 fully saturated rings. The van der Waals surface area contributed by atoms with Gasteiger partial charge in [0.2, 0.25) is 0 Å². The lowest BCUT2D eigenvalue weighted by molar-refractivity contribution is -0.0228. The van der Waals surface area contributed by atoms with Gasteiger partial charge in [0.15, 0.2) is 0 Å². The Hall–Kier alpha value is -0.0151. The molecule has 0 rings (SSSR count). The van der Waals surface area contributed by atoms with Gasteiger partial charge in [0.1, 0.15) is 0 Å². The fraction of sp³-hybridized carbons (Fsp3) is 1.00. The number of hydrogen-bond donors (Lipinski definition) is 0. The highest BCUT2D eigenvalue weighted by Gasteiger charge is 1.87. The van der Waals surface area contributed by atoms with E-state index in [1.54, 1.807) is 5.06 Å². The molecule has 0 saturated carbocycles. The van der Waals surface area contributed by atoms with Crippen LogP contribution in [0.25, 0.3) is 0 Å². The minimum absolute atomic E-state index is 0.768. The van der Waals surface area contributed by atoms with Crippen LogP contribution in [0.5, 0.6) is 0 Å². The van der Waals surface area contributed by atoms with Crippen LogP contribution < -0.4 is 0 Å². The van der Waals surface area contributed by atoms with Gasteiger partial charge < -0.3 is 4.76 Å². The minimum atomic E-state index is 0.768. The summed E-state index contributed by atoms with van der Waals surface area (Å²) < 4.78 is 5.02. The van der Waals surface area contributed by atoms with Gasteiger partial charge in [-0.3, -0.25) is 0 Å². The summed E-state index contributed by atoms with van der Waals surface area (Å²) in [5.41, 5.74) is 0. The molecule has 0 amide bonds. The van der Waals surface area contributed by atoms with Crippen molar-refractivity contribution in [1.29, 1.82) is 0 Å². The minimum Gasteiger partial charge on any atom is -0.366 e. The Kier molecular flexibility index (Phi) is 4.14. The summed E-state index contributed by atoms with van der Waals surface area (Å²) in [6.45, 7) is 4.98. The number of rotatable bonds is 3. The summed E-state index contributed by atoms with van der Waals surface area (Å²) in [4.78, 5) is 0. The molecule has 0 N–H and O–H groups in total. The highest BCUT2D eigenvalue weighted by Crippen LogP contribution is 1.77. The van der Waals surface area contributed by atoms with E-state index in [9.17, 15) is 0 Å². The Morgan fingerprint density at radius 1 is 1.71 bits per heavy atom. The molecular weight excluding hydrogens is 88.9 g/mol. The molecule has 0 radical (unpaired) electrons. The largest absolute Gasteiger partial charge is 0.366 e. The predicted octanol–water partition coefficient (Wildman–Crippen LogP) is 0.269. The Bertz CT molecular complexity index is 42.7. The molecule has 0 spiro atoms. The molecule has 0 aliphatic heterocycles. The van der Waals surface area contributed by atoms with Gasteiger partial charge in [0.05, 0.1) is 0 Å². The van der Waals surface area contributed by atoms with E-state index >= 15 is 0 Å². The van der Waals surface area contributed by atoms with E-state index < -0.39 is 0 Å². The summed E-state index contributed by atoms with van der Waals surface area (Å²) in [6.07, 6.45) is 0. The van der Waals surface area contributed by atoms with Crippen molar-refractivity contribution in [3.8, 4) is 0 Å². The average molecular weight is 101 g/mol. The molecule has 0 unspecified atom stereocenters. The maximum absolute atomic E-state index is 5.02. The fourth-order valence-electron chi connectivity index (χ4n) is 0.312. The monoisotopic (exact) mass is 101 g/mol. The Balaban J connectivity index is 2.83. The first-order valence-electron chi connectivity index (χ1n) is 2.65. The molecule has 2 nitrogen and oxygen atoms in total. The van der Waals surface area contributed by atoms with Crippen LogP contribution in [0.15, 0.2) is 0 Å². The van der Waals surface area contributed by atoms with Crippen molar-refractivity contribution >= 4 is 7.48 Å². The van der Waals surface area contributed by atoms with E-state index in [0.717, 1.165) is 14.0 Å². The molecule has 42 valence electrons. The van der Waals surface area contributed by atoms with Crippen LogP contribution in [0.3, 0.4) is 0 Å². The standard InChI is InChI=1S/C4H12BNO/c1-4-6(3)7-5-2/h5H,4H2,1-3H3. The number of nitrogens with zero attached hydrogens (tertiary/aromatic N) is 1. The molecule has 0 atom stereocenters. The van der Waals surface area contributed by atoms with Crippen LogP contribution >= 0.6 is 0 Å². The SMILES string of the molecule is CBON(C)CC. The second-order valence-electron chi connectivity index (χ2n) is 1.36. The molecule has 7 heavy (non-hydrogen) atoms. The summed E-state index contributed by atoms with van der Waals surface area (Å²) in [7, 11) is 2.69. The van der Waals surface area contributed by atoms with E-state index in [1.807, 2.05) is 13.9 Å². The van der Waals surface area contributed by atoms with Crippen LogP contribution in [0.1, 0.15) is 6.92 Å². The van der Waals surface area contributed by atoms with Gasteiger partial charge in [-0.1, -0.05) is 13.7 Å². The first kappa shape index (κ1) is 6.98. The van der Waals surface area contributed by atoms with Crippen LogP contribution in [-0.4, -0.2) is 26.1 Å². The van der Waals surface area contributed by atoms with Crippen LogP contribution in [0.4, 0.5) is 0 Å². The van der Waals surface area contributed by atoms with Gasteiger partial charge in [0, 0.05) is 13.6 Å². The topological polar surface area (TPSA) is 12.5 Å². The lowest BCUT2D eigenvalue weighted by Gasteiger charge is -2.11. The molecule has 0 aromatic heterocycles. The zero-order chi connectivity index (χ0) is 5.70. The van der Waals surface area contributed by atoms with Crippen molar-refractivity contribution in [2.24, 2.45) is 0 Å². The third-order valence-electron chi connectivity index (χ3n) is 0.795. The van der Waals surface area contributed by atoms with Crippen molar-refractivity contribution in [3.05, 3.63) is 0 Å². The fourth-order valence-corrected chi connectivity index (χ4v) is 0.312. The second kappa shape index (κ2) is 4.15. The molecule has 0 heterocycles. The van der Waals surface area contributed by atoms with Crippen molar-refractivity contribution in [3.63, 3.8) is 0 Å². The Morgan fingerprint density at radius 2 is 2.29 bits per heavy atom. The van der Waals surface area contributed by atoms with E-state index in [4.69, 9.17) is 4.76 Å². The molecule has 0 bridgehead atoms. The van der Waals surface area contributed by atoms with Crippen LogP contribution in [0, 0.1) is 0 Å². The van der Waals surface area contributed by atoms with E-state index in [-0.39, 0.29) is 0 Å². The first-order valence-corrected chi connectivity index (χ1v) is 2.65. The maximum Gasteiger partial charge on any atom is 0.301 e. The van der Waals surface area contributed by atoms with Gasteiger partial charge >= 0.3 is 7.48 Å². The average Bonchev–Trinajstić information content (AvgIpc) is 1.68. The lowest BCUT2D eigenvalue weighted by atomic mass is 10.1. The van der Waals surface area contributed by atoms with Crippen LogP contribution in [-0.2, 0) is 4.76 Å². The van der Waals surface area contributed by atoms with Gasteiger partial charge in [-0.15, -0.1) is 0 Å². The van der Waals surface area contributed by atoms with E-state index in [0.29, 0.717) is 0 Å². The normalized spacial score (nSPS) is 9.71. The van der Waals surface area contributed by atoms with Gasteiger partial charge in [0.25, 0.3) is 0 Å². The highest BCUT2D eigenvalue weighted by atomic mass is 16.6. The van der Waals surface area contributed by atoms with Gasteiger partial charge in [-0.25, -0.2) is 5.06 Å². The zero-order valence-corrected chi connectivity index (χ0v) is 5.27. The quantitative estimate of drug-likeness (QED) is 0.373. The van der Waals surface area contributed by atoms with Crippen molar-refractivity contribution in [2.75, 3.05) is 13.6 Å². The zero-order valence-electron chi connectivity index (χ0n) is 5.27. The summed E-state index contributed by atoms with van der Waals surface area (Å²) in [5.74, 6) is 0. The third kappa shape index (κ3) is 3.82. The molecule has 3 heteroatoms. The summed E-state index contributed by atoms with van der Waals surface area (Å²) in [5, 5.41) is 1.81. The smallest absolute Gasteiger partial charge is 0.301 e. The lowest BCUT2D eigenvalue weighted by Crippen LogP contribution is -2.18. The van der Waals surface area contributed by atoms with Crippen LogP contribution in [0.2, 0.25) is 6.82 Å². The molecule has 0 saturated heterocycles. The van der Waals surface area contributed by atoms with Gasteiger partial charge in [-0.05, 0) is 0 Å². The number of hydroxylamine groups is 2. The predicted molar refractivity (Wildman–Crippen MR) is 32.4 cm³/mol. The van der Waals surface area contributed by atoms with E-state index in [1.165, 1.54) is 0 Å². The Morgan fingerprint density at radius 3 is 2.43 bits per heavy atom. The third-order valence-corrected chi connectivity index (χ3v) is 0.795. The molecular formula is C4H12BNO. The highest BCUT2D eigenvalue weighted by molar-refractivity contribution is 6.24. The van der Waals surface area contributed by atoms with Crippen molar-refractivity contribution < 1.29 is 4.76 Å². The molecule has 0 aliphatic carbocycles. The van der Waals surface area contributed by atoms with Gasteiger partial charge in [-0.2, -0.15) is 0 Å². The van der Waals surface area contributed by atoms with E-state index in [2.05, 4.69) is 6.92 Å². The second-order valence-corrected chi connectivity index (χ2v) is 1.36. The molecule has 0 aliphatic rings. The Labute approximate surface area is 45.7 Å². The number of hydrogen-bond acceptors (Lipinski definition) is 2. The van der Waals surface area contributed by atoms with Crippen molar-refractivity contribution in [1.82, 2.24) is 5.06 Å². The summed E-state index contributed by atoms with van der Waals surface area (Å²) in [6, 6.07) is 0. The maximum atomic E-state index is 5.02. The first-order chi connectivity index (χ1) is 3.31. The molecule has 0 aromatic carbocycles.